The molecule has 2 heteroatoms. The minimum absolute atomic E-state index is 0.119. The van der Waals surface area contributed by atoms with E-state index < -0.39 is 0 Å². The van der Waals surface area contributed by atoms with Crippen molar-refractivity contribution in [2.75, 3.05) is 7.11 Å². The second-order valence-electron chi connectivity index (χ2n) is 8.13. The maximum atomic E-state index is 13.1. The second-order valence-corrected chi connectivity index (χ2v) is 8.13. The van der Waals surface area contributed by atoms with Crippen molar-refractivity contribution < 1.29 is 9.13 Å². The monoisotopic (exact) mass is 344 g/mol. The highest BCUT2D eigenvalue weighted by atomic mass is 19.1. The number of hydrogen-bond donors (Lipinski definition) is 0. The molecule has 2 aliphatic carbocycles. The summed E-state index contributed by atoms with van der Waals surface area (Å²) < 4.78 is 18.1. The number of halogens is 1. The van der Waals surface area contributed by atoms with E-state index in [9.17, 15) is 4.39 Å². The number of methoxy groups -OCH3 is 1. The Bertz CT molecular complexity index is 520. The molecule has 2 fully saturated rings. The molecule has 0 spiro atoms. The Morgan fingerprint density at radius 3 is 2.12 bits per heavy atom. The molecule has 0 unspecified atom stereocenters. The van der Waals surface area contributed by atoms with Gasteiger partial charge in [0.05, 0.1) is 13.4 Å². The highest BCUT2D eigenvalue weighted by Gasteiger charge is 2.31. The van der Waals surface area contributed by atoms with E-state index in [4.69, 9.17) is 4.74 Å². The van der Waals surface area contributed by atoms with Crippen LogP contribution in [0.15, 0.2) is 36.6 Å². The molecule has 0 saturated heterocycles. The van der Waals surface area contributed by atoms with Crippen LogP contribution in [0.25, 0.3) is 0 Å². The van der Waals surface area contributed by atoms with E-state index in [0.29, 0.717) is 5.92 Å². The van der Waals surface area contributed by atoms with Crippen LogP contribution in [-0.4, -0.2) is 7.11 Å². The molecule has 2 saturated carbocycles. The van der Waals surface area contributed by atoms with Crippen LogP contribution >= 0.6 is 0 Å². The third-order valence-electron chi connectivity index (χ3n) is 6.65. The van der Waals surface area contributed by atoms with Crippen molar-refractivity contribution in [3.8, 4) is 0 Å². The third kappa shape index (κ3) is 5.33. The quantitative estimate of drug-likeness (QED) is 0.513. The van der Waals surface area contributed by atoms with Gasteiger partial charge < -0.3 is 4.74 Å². The maximum absolute atomic E-state index is 13.1. The highest BCUT2D eigenvalue weighted by Crippen LogP contribution is 2.44. The summed E-state index contributed by atoms with van der Waals surface area (Å²) in [4.78, 5) is 0. The van der Waals surface area contributed by atoms with Crippen molar-refractivity contribution in [1.82, 2.24) is 0 Å². The van der Waals surface area contributed by atoms with Crippen LogP contribution in [0.5, 0.6) is 0 Å². The highest BCUT2D eigenvalue weighted by molar-refractivity contribution is 5.20. The first-order valence-corrected chi connectivity index (χ1v) is 10.2. The Hall–Kier alpha value is -1.31. The summed E-state index contributed by atoms with van der Waals surface area (Å²) in [7, 11) is 1.71. The molecule has 0 radical (unpaired) electrons. The molecular formula is C23H33FO. The van der Waals surface area contributed by atoms with E-state index in [2.05, 4.69) is 6.08 Å². The Kier molecular flexibility index (Phi) is 6.95. The summed E-state index contributed by atoms with van der Waals surface area (Å²) in [6.07, 6.45) is 17.5. The van der Waals surface area contributed by atoms with Crippen LogP contribution in [0.2, 0.25) is 0 Å². The van der Waals surface area contributed by atoms with E-state index in [-0.39, 0.29) is 5.82 Å². The van der Waals surface area contributed by atoms with Crippen molar-refractivity contribution in [2.24, 2.45) is 17.8 Å². The predicted octanol–water partition coefficient (Wildman–Crippen LogP) is 6.85. The molecule has 0 aliphatic heterocycles. The largest absolute Gasteiger partial charge is 0.505 e. The first kappa shape index (κ1) is 18.5. The van der Waals surface area contributed by atoms with Crippen LogP contribution in [0, 0.1) is 23.6 Å². The summed E-state index contributed by atoms with van der Waals surface area (Å²) >= 11 is 0. The van der Waals surface area contributed by atoms with Crippen LogP contribution in [0.1, 0.15) is 75.7 Å². The Balaban J connectivity index is 1.39. The summed E-state index contributed by atoms with van der Waals surface area (Å²) in [5, 5.41) is 0. The number of ether oxygens (including phenoxy) is 1. The van der Waals surface area contributed by atoms with Gasteiger partial charge in [-0.3, -0.25) is 0 Å². The predicted molar refractivity (Wildman–Crippen MR) is 102 cm³/mol. The molecule has 0 heterocycles. The average Bonchev–Trinajstić information content (AvgIpc) is 2.67. The van der Waals surface area contributed by atoms with Gasteiger partial charge in [0, 0.05) is 0 Å². The zero-order valence-electron chi connectivity index (χ0n) is 15.6. The second kappa shape index (κ2) is 9.40. The zero-order chi connectivity index (χ0) is 17.5. The minimum atomic E-state index is -0.119. The van der Waals surface area contributed by atoms with Gasteiger partial charge in [-0.25, -0.2) is 4.39 Å². The van der Waals surface area contributed by atoms with Crippen LogP contribution in [-0.2, 0) is 4.74 Å². The van der Waals surface area contributed by atoms with Gasteiger partial charge in [-0.2, -0.15) is 0 Å². The molecular weight excluding hydrogens is 311 g/mol. The smallest absolute Gasteiger partial charge is 0.123 e. The van der Waals surface area contributed by atoms with E-state index in [1.807, 2.05) is 18.4 Å². The Morgan fingerprint density at radius 1 is 0.920 bits per heavy atom. The van der Waals surface area contributed by atoms with Gasteiger partial charge in [-0.05, 0) is 98.8 Å². The first-order chi connectivity index (χ1) is 12.3. The average molecular weight is 345 g/mol. The van der Waals surface area contributed by atoms with Gasteiger partial charge in [-0.1, -0.05) is 25.0 Å². The molecule has 3 rings (SSSR count). The topological polar surface area (TPSA) is 9.23 Å². The maximum Gasteiger partial charge on any atom is 0.123 e. The minimum Gasteiger partial charge on any atom is -0.505 e. The fourth-order valence-electron chi connectivity index (χ4n) is 5.10. The number of rotatable bonds is 6. The zero-order valence-corrected chi connectivity index (χ0v) is 15.6. The van der Waals surface area contributed by atoms with E-state index in [1.54, 1.807) is 19.2 Å². The fraction of sp³-hybridized carbons (Fsp3) is 0.652. The van der Waals surface area contributed by atoms with Crippen molar-refractivity contribution in [2.45, 2.75) is 70.1 Å². The molecule has 1 aromatic rings. The lowest BCUT2D eigenvalue weighted by Gasteiger charge is -2.38. The molecule has 0 aromatic heterocycles. The molecule has 0 N–H and O–H groups in total. The van der Waals surface area contributed by atoms with Crippen LogP contribution in [0.3, 0.4) is 0 Å². The number of hydrogen-bond acceptors (Lipinski definition) is 1. The molecule has 1 nitrogen and oxygen atoms in total. The van der Waals surface area contributed by atoms with Crippen LogP contribution < -0.4 is 0 Å². The van der Waals surface area contributed by atoms with Crippen molar-refractivity contribution >= 4 is 0 Å². The Morgan fingerprint density at radius 2 is 1.52 bits per heavy atom. The van der Waals surface area contributed by atoms with Gasteiger partial charge in [0.2, 0.25) is 0 Å². The van der Waals surface area contributed by atoms with Crippen molar-refractivity contribution in [1.29, 1.82) is 0 Å². The number of allylic oxidation sites excluding steroid dienone is 1. The van der Waals surface area contributed by atoms with E-state index >= 15 is 0 Å². The van der Waals surface area contributed by atoms with Crippen LogP contribution in [0.4, 0.5) is 4.39 Å². The van der Waals surface area contributed by atoms with Gasteiger partial charge in [0.25, 0.3) is 0 Å². The first-order valence-electron chi connectivity index (χ1n) is 10.2. The summed E-state index contributed by atoms with van der Waals surface area (Å²) in [6.45, 7) is 0. The van der Waals surface area contributed by atoms with Gasteiger partial charge in [-0.15, -0.1) is 0 Å². The molecule has 2 aliphatic rings. The molecule has 0 bridgehead atoms. The lowest BCUT2D eigenvalue weighted by Crippen LogP contribution is -2.25. The SMILES string of the molecule is COC=CCCC1CCC(C2CCC(c3ccc(F)cc3)CC2)CC1. The molecule has 25 heavy (non-hydrogen) atoms. The lowest BCUT2D eigenvalue weighted by atomic mass is 9.68. The van der Waals surface area contributed by atoms with E-state index in [0.717, 1.165) is 24.2 Å². The lowest BCUT2D eigenvalue weighted by molar-refractivity contribution is 0.157. The molecule has 0 atom stereocenters. The third-order valence-corrected chi connectivity index (χ3v) is 6.65. The fourth-order valence-corrected chi connectivity index (χ4v) is 5.10. The van der Waals surface area contributed by atoms with Gasteiger partial charge >= 0.3 is 0 Å². The van der Waals surface area contributed by atoms with Gasteiger partial charge in [0.15, 0.2) is 0 Å². The summed E-state index contributed by atoms with van der Waals surface area (Å²) in [5.41, 5.74) is 1.34. The van der Waals surface area contributed by atoms with E-state index in [1.165, 1.54) is 63.4 Å². The van der Waals surface area contributed by atoms with Crippen molar-refractivity contribution in [3.05, 3.63) is 48.0 Å². The standard InChI is InChI=1S/C23H33FO/c1-25-17-3-2-4-18-5-7-19(8-6-18)20-9-11-21(12-10-20)22-13-15-23(24)16-14-22/h3,13-21H,2,4-12H2,1H3. The van der Waals surface area contributed by atoms with Crippen molar-refractivity contribution in [3.63, 3.8) is 0 Å². The number of benzene rings is 1. The summed E-state index contributed by atoms with van der Waals surface area (Å²) in [5.74, 6) is 3.35. The molecule has 1 aromatic carbocycles. The Labute approximate surface area is 152 Å². The normalized spacial score (nSPS) is 30.5. The van der Waals surface area contributed by atoms with Gasteiger partial charge in [0.1, 0.15) is 5.82 Å². The molecule has 0 amide bonds. The summed E-state index contributed by atoms with van der Waals surface area (Å²) in [6, 6.07) is 7.21. The molecule has 138 valence electrons.